The van der Waals surface area contributed by atoms with Gasteiger partial charge in [0.2, 0.25) is 0 Å². The number of ether oxygens (including phenoxy) is 1. The molecule has 0 aliphatic heterocycles. The van der Waals surface area contributed by atoms with E-state index in [1.165, 1.54) is 5.56 Å². The first-order chi connectivity index (χ1) is 6.65. The standard InChI is InChI=1S/C11H13IO2/c1-3-14-10(13)7-9-6-4-5-8(2)11(9)12/h4-6H,3,7H2,1-2H3. The molecule has 1 rings (SSSR count). The molecule has 0 unspecified atom stereocenters. The van der Waals surface area contributed by atoms with E-state index in [1.807, 2.05) is 32.0 Å². The van der Waals surface area contributed by atoms with Crippen LogP contribution in [0.1, 0.15) is 18.1 Å². The summed E-state index contributed by atoms with van der Waals surface area (Å²) in [7, 11) is 0. The van der Waals surface area contributed by atoms with Crippen molar-refractivity contribution >= 4 is 28.6 Å². The van der Waals surface area contributed by atoms with Gasteiger partial charge in [-0.05, 0) is 47.6 Å². The third kappa shape index (κ3) is 2.97. The molecule has 76 valence electrons. The maximum atomic E-state index is 11.3. The number of aryl methyl sites for hydroxylation is 1. The van der Waals surface area contributed by atoms with Crippen molar-refractivity contribution in [3.05, 3.63) is 32.9 Å². The zero-order chi connectivity index (χ0) is 10.6. The lowest BCUT2D eigenvalue weighted by molar-refractivity contribution is -0.142. The normalized spacial score (nSPS) is 9.93. The van der Waals surface area contributed by atoms with Gasteiger partial charge in [0, 0.05) is 3.57 Å². The monoisotopic (exact) mass is 304 g/mol. The van der Waals surface area contributed by atoms with E-state index in [2.05, 4.69) is 22.6 Å². The highest BCUT2D eigenvalue weighted by Crippen LogP contribution is 2.17. The quantitative estimate of drug-likeness (QED) is 0.634. The van der Waals surface area contributed by atoms with Crippen LogP contribution < -0.4 is 0 Å². The molecule has 1 aromatic carbocycles. The van der Waals surface area contributed by atoms with Crippen molar-refractivity contribution < 1.29 is 9.53 Å². The highest BCUT2D eigenvalue weighted by molar-refractivity contribution is 14.1. The second kappa shape index (κ2) is 5.34. The lowest BCUT2D eigenvalue weighted by Crippen LogP contribution is -2.08. The smallest absolute Gasteiger partial charge is 0.310 e. The molecular formula is C11H13IO2. The number of carbonyl (C=O) groups excluding carboxylic acids is 1. The van der Waals surface area contributed by atoms with Gasteiger partial charge in [0.05, 0.1) is 13.0 Å². The van der Waals surface area contributed by atoms with E-state index in [0.717, 1.165) is 9.13 Å². The predicted octanol–water partition coefficient (Wildman–Crippen LogP) is 2.71. The van der Waals surface area contributed by atoms with Crippen LogP contribution in [0.4, 0.5) is 0 Å². The van der Waals surface area contributed by atoms with Crippen molar-refractivity contribution in [1.29, 1.82) is 0 Å². The van der Waals surface area contributed by atoms with Crippen molar-refractivity contribution in [2.75, 3.05) is 6.61 Å². The third-order valence-electron chi connectivity index (χ3n) is 1.91. The fraction of sp³-hybridized carbons (Fsp3) is 0.364. The molecule has 0 saturated heterocycles. The number of halogens is 1. The molecule has 0 aromatic heterocycles. The zero-order valence-corrected chi connectivity index (χ0v) is 10.5. The fourth-order valence-corrected chi connectivity index (χ4v) is 1.76. The maximum absolute atomic E-state index is 11.3. The summed E-state index contributed by atoms with van der Waals surface area (Å²) in [6, 6.07) is 5.97. The van der Waals surface area contributed by atoms with Crippen LogP contribution in [0.25, 0.3) is 0 Å². The molecule has 1 aromatic rings. The first-order valence-electron chi connectivity index (χ1n) is 4.54. The summed E-state index contributed by atoms with van der Waals surface area (Å²) in [4.78, 5) is 11.3. The second-order valence-corrected chi connectivity index (χ2v) is 4.11. The summed E-state index contributed by atoms with van der Waals surface area (Å²) >= 11 is 2.26. The van der Waals surface area contributed by atoms with Gasteiger partial charge >= 0.3 is 5.97 Å². The summed E-state index contributed by atoms with van der Waals surface area (Å²) in [5.74, 6) is -0.156. The number of benzene rings is 1. The molecule has 0 bridgehead atoms. The average molecular weight is 304 g/mol. The van der Waals surface area contributed by atoms with Crippen LogP contribution >= 0.6 is 22.6 Å². The molecule has 0 fully saturated rings. The van der Waals surface area contributed by atoms with Gasteiger partial charge in [-0.1, -0.05) is 18.2 Å². The Morgan fingerprint density at radius 3 is 2.86 bits per heavy atom. The van der Waals surface area contributed by atoms with Crippen LogP contribution in [0, 0.1) is 10.5 Å². The number of carbonyl (C=O) groups is 1. The molecule has 0 heterocycles. The Labute approximate surface area is 97.8 Å². The van der Waals surface area contributed by atoms with Gasteiger partial charge in [-0.15, -0.1) is 0 Å². The molecule has 0 saturated carbocycles. The third-order valence-corrected chi connectivity index (χ3v) is 3.46. The van der Waals surface area contributed by atoms with Crippen LogP contribution in [0.5, 0.6) is 0 Å². The Balaban J connectivity index is 2.76. The first-order valence-corrected chi connectivity index (χ1v) is 5.62. The molecule has 14 heavy (non-hydrogen) atoms. The summed E-state index contributed by atoms with van der Waals surface area (Å²) in [6.45, 7) is 4.30. The molecule has 0 amide bonds. The molecule has 0 radical (unpaired) electrons. The van der Waals surface area contributed by atoms with Gasteiger partial charge in [-0.25, -0.2) is 0 Å². The van der Waals surface area contributed by atoms with Gasteiger partial charge in [0.25, 0.3) is 0 Å². The molecule has 0 atom stereocenters. The van der Waals surface area contributed by atoms with Crippen LogP contribution in [-0.2, 0) is 16.0 Å². The van der Waals surface area contributed by atoms with E-state index >= 15 is 0 Å². The van der Waals surface area contributed by atoms with Crippen LogP contribution in [0.2, 0.25) is 0 Å². The minimum absolute atomic E-state index is 0.156. The second-order valence-electron chi connectivity index (χ2n) is 3.03. The van der Waals surface area contributed by atoms with E-state index < -0.39 is 0 Å². The Bertz CT molecular complexity index is 334. The average Bonchev–Trinajstić information content (AvgIpc) is 2.13. The Morgan fingerprint density at radius 1 is 1.50 bits per heavy atom. The molecule has 2 nitrogen and oxygen atoms in total. The van der Waals surface area contributed by atoms with Crippen LogP contribution in [0.3, 0.4) is 0 Å². The van der Waals surface area contributed by atoms with E-state index in [-0.39, 0.29) is 5.97 Å². The molecule has 0 aliphatic carbocycles. The van der Waals surface area contributed by atoms with Crippen molar-refractivity contribution in [3.63, 3.8) is 0 Å². The Kier molecular flexibility index (Phi) is 4.38. The van der Waals surface area contributed by atoms with E-state index in [0.29, 0.717) is 13.0 Å². The van der Waals surface area contributed by atoms with Gasteiger partial charge in [-0.2, -0.15) is 0 Å². The fourth-order valence-electron chi connectivity index (χ4n) is 1.21. The van der Waals surface area contributed by atoms with Crippen molar-refractivity contribution in [3.8, 4) is 0 Å². The van der Waals surface area contributed by atoms with Crippen molar-refractivity contribution in [1.82, 2.24) is 0 Å². The number of hydrogen-bond donors (Lipinski definition) is 0. The number of rotatable bonds is 3. The van der Waals surface area contributed by atoms with Crippen molar-refractivity contribution in [2.45, 2.75) is 20.3 Å². The minimum atomic E-state index is -0.156. The lowest BCUT2D eigenvalue weighted by Gasteiger charge is -2.06. The maximum Gasteiger partial charge on any atom is 0.310 e. The van der Waals surface area contributed by atoms with Crippen LogP contribution in [-0.4, -0.2) is 12.6 Å². The molecule has 0 N–H and O–H groups in total. The van der Waals surface area contributed by atoms with Gasteiger partial charge in [0.1, 0.15) is 0 Å². The molecule has 0 spiro atoms. The summed E-state index contributed by atoms with van der Waals surface area (Å²) < 4.78 is 6.05. The van der Waals surface area contributed by atoms with Crippen molar-refractivity contribution in [2.24, 2.45) is 0 Å². The molecule has 0 aliphatic rings. The number of hydrogen-bond acceptors (Lipinski definition) is 2. The SMILES string of the molecule is CCOC(=O)Cc1cccc(C)c1I. The highest BCUT2D eigenvalue weighted by Gasteiger charge is 2.08. The topological polar surface area (TPSA) is 26.3 Å². The van der Waals surface area contributed by atoms with E-state index in [9.17, 15) is 4.79 Å². The minimum Gasteiger partial charge on any atom is -0.466 e. The number of esters is 1. The summed E-state index contributed by atoms with van der Waals surface area (Å²) in [6.07, 6.45) is 0.369. The summed E-state index contributed by atoms with van der Waals surface area (Å²) in [5, 5.41) is 0. The predicted molar refractivity (Wildman–Crippen MR) is 64.2 cm³/mol. The van der Waals surface area contributed by atoms with E-state index in [4.69, 9.17) is 4.74 Å². The van der Waals surface area contributed by atoms with E-state index in [1.54, 1.807) is 0 Å². The Morgan fingerprint density at radius 2 is 2.21 bits per heavy atom. The molecule has 3 heteroatoms. The van der Waals surface area contributed by atoms with Gasteiger partial charge in [0.15, 0.2) is 0 Å². The Hall–Kier alpha value is -0.580. The highest BCUT2D eigenvalue weighted by atomic mass is 127. The van der Waals surface area contributed by atoms with Gasteiger partial charge in [-0.3, -0.25) is 4.79 Å². The largest absolute Gasteiger partial charge is 0.466 e. The van der Waals surface area contributed by atoms with Crippen LogP contribution in [0.15, 0.2) is 18.2 Å². The van der Waals surface area contributed by atoms with Gasteiger partial charge < -0.3 is 4.74 Å². The zero-order valence-electron chi connectivity index (χ0n) is 8.34. The molecular weight excluding hydrogens is 291 g/mol. The summed E-state index contributed by atoms with van der Waals surface area (Å²) in [5.41, 5.74) is 2.25. The lowest BCUT2D eigenvalue weighted by atomic mass is 10.1. The first kappa shape index (κ1) is 11.5.